The fraction of sp³-hybridized carbons (Fsp3) is 0.400. The Morgan fingerprint density at radius 2 is 2.33 bits per heavy atom. The van der Waals surface area contributed by atoms with E-state index >= 15 is 0 Å². The summed E-state index contributed by atoms with van der Waals surface area (Å²) in [5.41, 5.74) is 2.32. The molecule has 5 heteroatoms. The van der Waals surface area contributed by atoms with Gasteiger partial charge in [0.15, 0.2) is 0 Å². The van der Waals surface area contributed by atoms with Crippen LogP contribution in [0.1, 0.15) is 11.1 Å². The van der Waals surface area contributed by atoms with E-state index in [1.807, 2.05) is 6.07 Å². The van der Waals surface area contributed by atoms with Crippen molar-refractivity contribution in [2.24, 2.45) is 0 Å². The summed E-state index contributed by atoms with van der Waals surface area (Å²) in [7, 11) is 0. The third-order valence-corrected chi connectivity index (χ3v) is 3.01. The smallest absolute Gasteiger partial charge is 0.269 e. The average Bonchev–Trinajstić information content (AvgIpc) is 2.27. The Morgan fingerprint density at radius 1 is 1.53 bits per heavy atom. The number of hydrogen-bond acceptors (Lipinski definition) is 3. The van der Waals surface area contributed by atoms with E-state index in [0.717, 1.165) is 17.5 Å². The number of fused-ring (bicyclic) bond motifs is 1. The standard InChI is InChI=1S/C10H11ClN2O2/c11-5-9-3-7-1-2-10(13(14)15)4-8(7)6-12-9/h1-2,4,9,12H,3,5-6H2/t9-/m0/s1. The normalized spacial score (nSPS) is 19.7. The third-order valence-electron chi connectivity index (χ3n) is 2.63. The third kappa shape index (κ3) is 2.11. The molecule has 4 nitrogen and oxygen atoms in total. The predicted octanol–water partition coefficient (Wildman–Crippen LogP) is 1.85. The first-order valence-electron chi connectivity index (χ1n) is 4.76. The van der Waals surface area contributed by atoms with Gasteiger partial charge in [-0.05, 0) is 17.5 Å². The highest BCUT2D eigenvalue weighted by molar-refractivity contribution is 6.18. The van der Waals surface area contributed by atoms with E-state index in [2.05, 4.69) is 5.32 Å². The minimum atomic E-state index is -0.367. The number of halogens is 1. The zero-order valence-corrected chi connectivity index (χ0v) is 8.83. The van der Waals surface area contributed by atoms with Gasteiger partial charge >= 0.3 is 0 Å². The lowest BCUT2D eigenvalue weighted by molar-refractivity contribution is -0.384. The Labute approximate surface area is 92.4 Å². The van der Waals surface area contributed by atoms with Gasteiger partial charge in [-0.15, -0.1) is 11.6 Å². The van der Waals surface area contributed by atoms with Crippen LogP contribution in [0.25, 0.3) is 0 Å². The molecule has 1 aromatic rings. The molecule has 0 amide bonds. The van der Waals surface area contributed by atoms with Crippen LogP contribution in [0, 0.1) is 10.1 Å². The molecule has 1 heterocycles. The largest absolute Gasteiger partial charge is 0.308 e. The van der Waals surface area contributed by atoms with Crippen LogP contribution in [-0.4, -0.2) is 16.8 Å². The molecule has 0 radical (unpaired) electrons. The van der Waals surface area contributed by atoms with E-state index in [9.17, 15) is 10.1 Å². The van der Waals surface area contributed by atoms with Crippen molar-refractivity contribution in [2.45, 2.75) is 19.0 Å². The van der Waals surface area contributed by atoms with Crippen molar-refractivity contribution in [1.82, 2.24) is 5.32 Å². The summed E-state index contributed by atoms with van der Waals surface area (Å²) >= 11 is 5.76. The quantitative estimate of drug-likeness (QED) is 0.476. The van der Waals surface area contributed by atoms with Gasteiger partial charge in [0.25, 0.3) is 5.69 Å². The summed E-state index contributed by atoms with van der Waals surface area (Å²) in [4.78, 5) is 10.2. The Bertz CT molecular complexity index is 395. The Balaban J connectivity index is 2.28. The van der Waals surface area contributed by atoms with Crippen LogP contribution in [0.5, 0.6) is 0 Å². The van der Waals surface area contributed by atoms with Crippen molar-refractivity contribution in [3.63, 3.8) is 0 Å². The number of alkyl halides is 1. The first-order valence-corrected chi connectivity index (χ1v) is 5.29. The van der Waals surface area contributed by atoms with Gasteiger partial charge in [-0.25, -0.2) is 0 Å². The topological polar surface area (TPSA) is 55.2 Å². The van der Waals surface area contributed by atoms with E-state index in [0.29, 0.717) is 12.4 Å². The lowest BCUT2D eigenvalue weighted by Gasteiger charge is -2.24. The van der Waals surface area contributed by atoms with E-state index < -0.39 is 0 Å². The zero-order valence-electron chi connectivity index (χ0n) is 8.07. The fourth-order valence-electron chi connectivity index (χ4n) is 1.79. The van der Waals surface area contributed by atoms with Crippen LogP contribution < -0.4 is 5.32 Å². The van der Waals surface area contributed by atoms with E-state index in [-0.39, 0.29) is 16.7 Å². The molecule has 0 aromatic heterocycles. The fourth-order valence-corrected chi connectivity index (χ4v) is 2.01. The van der Waals surface area contributed by atoms with E-state index in [1.165, 1.54) is 0 Å². The van der Waals surface area contributed by atoms with Gasteiger partial charge in [-0.1, -0.05) is 6.07 Å². The van der Waals surface area contributed by atoms with Crippen molar-refractivity contribution >= 4 is 17.3 Å². The van der Waals surface area contributed by atoms with E-state index in [1.54, 1.807) is 12.1 Å². The van der Waals surface area contributed by atoms with Crippen LogP contribution in [0.3, 0.4) is 0 Å². The van der Waals surface area contributed by atoms with Crippen molar-refractivity contribution in [3.8, 4) is 0 Å². The first-order chi connectivity index (χ1) is 7.20. The molecular weight excluding hydrogens is 216 g/mol. The zero-order chi connectivity index (χ0) is 10.8. The van der Waals surface area contributed by atoms with Gasteiger partial charge in [0, 0.05) is 30.6 Å². The second-order valence-corrected chi connectivity index (χ2v) is 3.95. The highest BCUT2D eigenvalue weighted by atomic mass is 35.5. The summed E-state index contributed by atoms with van der Waals surface area (Å²) in [6.07, 6.45) is 0.844. The molecule has 1 aromatic carbocycles. The first kappa shape index (κ1) is 10.4. The molecule has 1 atom stereocenters. The second-order valence-electron chi connectivity index (χ2n) is 3.65. The molecule has 0 saturated carbocycles. The molecule has 15 heavy (non-hydrogen) atoms. The minimum Gasteiger partial charge on any atom is -0.308 e. The molecule has 2 rings (SSSR count). The van der Waals surface area contributed by atoms with Crippen molar-refractivity contribution in [1.29, 1.82) is 0 Å². The maximum Gasteiger partial charge on any atom is 0.269 e. The van der Waals surface area contributed by atoms with Gasteiger partial charge in [0.05, 0.1) is 4.92 Å². The molecule has 0 bridgehead atoms. The van der Waals surface area contributed by atoms with Crippen LogP contribution in [0.15, 0.2) is 18.2 Å². The number of nitrogens with one attached hydrogen (secondary N) is 1. The number of benzene rings is 1. The second kappa shape index (κ2) is 4.16. The molecule has 1 aliphatic heterocycles. The van der Waals surface area contributed by atoms with Gasteiger partial charge < -0.3 is 5.32 Å². The predicted molar refractivity (Wildman–Crippen MR) is 58.1 cm³/mol. The monoisotopic (exact) mass is 226 g/mol. The van der Waals surface area contributed by atoms with Crippen LogP contribution in [0.2, 0.25) is 0 Å². The molecule has 1 aliphatic rings. The molecular formula is C10H11ClN2O2. The van der Waals surface area contributed by atoms with Crippen molar-refractivity contribution in [2.75, 3.05) is 5.88 Å². The van der Waals surface area contributed by atoms with Crippen LogP contribution in [-0.2, 0) is 13.0 Å². The molecule has 0 aliphatic carbocycles. The lowest BCUT2D eigenvalue weighted by Crippen LogP contribution is -2.36. The number of hydrogen-bond donors (Lipinski definition) is 1. The summed E-state index contributed by atoms with van der Waals surface area (Å²) in [5, 5.41) is 13.8. The van der Waals surface area contributed by atoms with Gasteiger partial charge in [-0.3, -0.25) is 10.1 Å². The van der Waals surface area contributed by atoms with Gasteiger partial charge in [0.1, 0.15) is 0 Å². The number of non-ortho nitro benzene ring substituents is 1. The number of rotatable bonds is 2. The van der Waals surface area contributed by atoms with Gasteiger partial charge in [0.2, 0.25) is 0 Å². The molecule has 0 saturated heterocycles. The Hall–Kier alpha value is -1.13. The number of nitrogens with zero attached hydrogens (tertiary/aromatic N) is 1. The van der Waals surface area contributed by atoms with E-state index in [4.69, 9.17) is 11.6 Å². The Kier molecular flexibility index (Phi) is 2.88. The van der Waals surface area contributed by atoms with Gasteiger partial charge in [-0.2, -0.15) is 0 Å². The molecule has 0 spiro atoms. The summed E-state index contributed by atoms with van der Waals surface area (Å²) in [6, 6.07) is 5.29. The maximum absolute atomic E-state index is 10.6. The average molecular weight is 227 g/mol. The lowest BCUT2D eigenvalue weighted by atomic mass is 9.96. The highest BCUT2D eigenvalue weighted by Gasteiger charge is 2.19. The minimum absolute atomic E-state index is 0.153. The molecule has 1 N–H and O–H groups in total. The molecule has 80 valence electrons. The molecule has 0 fully saturated rings. The number of nitro benzene ring substituents is 1. The molecule has 0 unspecified atom stereocenters. The van der Waals surface area contributed by atoms with Crippen LogP contribution in [0.4, 0.5) is 5.69 Å². The summed E-state index contributed by atoms with van der Waals surface area (Å²) in [5.74, 6) is 0.566. The van der Waals surface area contributed by atoms with Crippen LogP contribution >= 0.6 is 11.6 Å². The SMILES string of the molecule is O=[N+]([O-])c1ccc2c(c1)CN[C@H](CCl)C2. The van der Waals surface area contributed by atoms with Crippen molar-refractivity contribution in [3.05, 3.63) is 39.4 Å². The van der Waals surface area contributed by atoms with Crippen molar-refractivity contribution < 1.29 is 4.92 Å². The Morgan fingerprint density at radius 3 is 3.00 bits per heavy atom. The summed E-state index contributed by atoms with van der Waals surface area (Å²) in [6.45, 7) is 0.661. The summed E-state index contributed by atoms with van der Waals surface area (Å²) < 4.78 is 0. The number of nitro groups is 1. The highest BCUT2D eigenvalue weighted by Crippen LogP contribution is 2.22. The maximum atomic E-state index is 10.6.